The Hall–Kier alpha value is -2.56. The van der Waals surface area contributed by atoms with Gasteiger partial charge in [-0.15, -0.1) is 0 Å². The first-order valence-electron chi connectivity index (χ1n) is 8.04. The van der Waals surface area contributed by atoms with Crippen molar-refractivity contribution in [2.45, 2.75) is 6.54 Å². The largest absolute Gasteiger partial charge is 0.468 e. The van der Waals surface area contributed by atoms with Crippen LogP contribution in [0.2, 0.25) is 10.0 Å². The molecule has 2 aromatic carbocycles. The van der Waals surface area contributed by atoms with E-state index in [-0.39, 0.29) is 0 Å². The standard InChI is InChI=1S/C20H15Cl2N3O/c1-26-20-24-18-5-2-14(13-6-8-23-9-7-13)11-19(18)25(20)12-15-10-16(21)3-4-17(15)22/h2-11H,12H2,1H3. The van der Waals surface area contributed by atoms with Gasteiger partial charge in [0.05, 0.1) is 24.7 Å². The van der Waals surface area contributed by atoms with Crippen LogP contribution in [-0.4, -0.2) is 21.6 Å². The van der Waals surface area contributed by atoms with Crippen molar-refractivity contribution in [2.75, 3.05) is 7.11 Å². The van der Waals surface area contributed by atoms with E-state index >= 15 is 0 Å². The highest BCUT2D eigenvalue weighted by molar-refractivity contribution is 6.33. The molecule has 2 aromatic heterocycles. The summed E-state index contributed by atoms with van der Waals surface area (Å²) in [6, 6.07) is 16.1. The molecule has 0 aliphatic carbocycles. The van der Waals surface area contributed by atoms with E-state index in [1.807, 2.05) is 34.9 Å². The molecule has 4 rings (SSSR count). The molecule has 0 saturated heterocycles. The van der Waals surface area contributed by atoms with Gasteiger partial charge in [0.2, 0.25) is 0 Å². The van der Waals surface area contributed by atoms with E-state index in [1.165, 1.54) is 0 Å². The highest BCUT2D eigenvalue weighted by atomic mass is 35.5. The third-order valence-corrected chi connectivity index (χ3v) is 4.85. The zero-order valence-corrected chi connectivity index (χ0v) is 15.5. The molecule has 0 aliphatic heterocycles. The molecule has 0 spiro atoms. The molecule has 0 bridgehead atoms. The lowest BCUT2D eigenvalue weighted by atomic mass is 10.1. The summed E-state index contributed by atoms with van der Waals surface area (Å²) >= 11 is 12.5. The molecule has 2 heterocycles. The summed E-state index contributed by atoms with van der Waals surface area (Å²) in [5.74, 6) is 0. The van der Waals surface area contributed by atoms with Gasteiger partial charge in [-0.25, -0.2) is 0 Å². The van der Waals surface area contributed by atoms with Gasteiger partial charge in [-0.1, -0.05) is 29.3 Å². The minimum Gasteiger partial charge on any atom is -0.468 e. The number of hydrogen-bond acceptors (Lipinski definition) is 3. The molecule has 4 nitrogen and oxygen atoms in total. The smallest absolute Gasteiger partial charge is 0.297 e. The monoisotopic (exact) mass is 383 g/mol. The van der Waals surface area contributed by atoms with Crippen LogP contribution in [0.5, 0.6) is 6.01 Å². The Balaban J connectivity index is 1.85. The molecule has 0 amide bonds. The van der Waals surface area contributed by atoms with Gasteiger partial charge in [0, 0.05) is 22.4 Å². The summed E-state index contributed by atoms with van der Waals surface area (Å²) in [5.41, 5.74) is 4.91. The first-order chi connectivity index (χ1) is 12.7. The van der Waals surface area contributed by atoms with Gasteiger partial charge >= 0.3 is 0 Å². The quantitative estimate of drug-likeness (QED) is 0.469. The maximum Gasteiger partial charge on any atom is 0.297 e. The number of rotatable bonds is 4. The second kappa shape index (κ2) is 6.98. The fraction of sp³-hybridized carbons (Fsp3) is 0.100. The molecule has 0 unspecified atom stereocenters. The first-order valence-corrected chi connectivity index (χ1v) is 8.80. The number of benzene rings is 2. The summed E-state index contributed by atoms with van der Waals surface area (Å²) in [7, 11) is 1.61. The predicted molar refractivity (Wildman–Crippen MR) is 105 cm³/mol. The van der Waals surface area contributed by atoms with E-state index in [2.05, 4.69) is 16.0 Å². The molecule has 4 aromatic rings. The van der Waals surface area contributed by atoms with Crippen LogP contribution in [0.4, 0.5) is 0 Å². The summed E-state index contributed by atoms with van der Waals surface area (Å²) in [4.78, 5) is 8.64. The van der Waals surface area contributed by atoms with E-state index in [0.717, 1.165) is 27.7 Å². The number of nitrogens with zero attached hydrogens (tertiary/aromatic N) is 3. The number of hydrogen-bond donors (Lipinski definition) is 0. The van der Waals surface area contributed by atoms with Crippen molar-refractivity contribution >= 4 is 34.2 Å². The van der Waals surface area contributed by atoms with Crippen LogP contribution in [0, 0.1) is 0 Å². The van der Waals surface area contributed by atoms with E-state index in [9.17, 15) is 0 Å². The number of aromatic nitrogens is 3. The predicted octanol–water partition coefficient (Wildman–Crippen LogP) is 5.46. The molecular formula is C20H15Cl2N3O. The Kier molecular flexibility index (Phi) is 4.53. The van der Waals surface area contributed by atoms with Crippen LogP contribution in [0.15, 0.2) is 60.9 Å². The minimum atomic E-state index is 0.513. The van der Waals surface area contributed by atoms with Crippen molar-refractivity contribution in [3.63, 3.8) is 0 Å². The van der Waals surface area contributed by atoms with Gasteiger partial charge in [-0.05, 0) is 59.2 Å². The second-order valence-corrected chi connectivity index (χ2v) is 6.70. The number of imidazole rings is 1. The number of halogens is 2. The zero-order chi connectivity index (χ0) is 18.1. The van der Waals surface area contributed by atoms with Gasteiger partial charge in [0.15, 0.2) is 0 Å². The normalized spacial score (nSPS) is 11.0. The van der Waals surface area contributed by atoms with Gasteiger partial charge in [-0.3, -0.25) is 9.55 Å². The molecule has 0 aliphatic rings. The Morgan fingerprint density at radius 1 is 0.962 bits per heavy atom. The van der Waals surface area contributed by atoms with Crippen molar-refractivity contribution in [1.29, 1.82) is 0 Å². The average molecular weight is 384 g/mol. The number of pyridine rings is 1. The molecule has 0 radical (unpaired) electrons. The summed E-state index contributed by atoms with van der Waals surface area (Å²) in [6.45, 7) is 0.513. The fourth-order valence-electron chi connectivity index (χ4n) is 2.97. The Morgan fingerprint density at radius 2 is 1.77 bits per heavy atom. The molecule has 0 fully saturated rings. The van der Waals surface area contributed by atoms with E-state index in [0.29, 0.717) is 22.6 Å². The SMILES string of the molecule is COc1nc2ccc(-c3ccncc3)cc2n1Cc1cc(Cl)ccc1Cl. The zero-order valence-electron chi connectivity index (χ0n) is 14.0. The maximum atomic E-state index is 6.35. The summed E-state index contributed by atoms with van der Waals surface area (Å²) < 4.78 is 7.48. The van der Waals surface area contributed by atoms with Crippen LogP contribution in [0.3, 0.4) is 0 Å². The lowest BCUT2D eigenvalue weighted by Gasteiger charge is -2.10. The van der Waals surface area contributed by atoms with Gasteiger partial charge in [-0.2, -0.15) is 4.98 Å². The average Bonchev–Trinajstić information content (AvgIpc) is 3.02. The number of fused-ring (bicyclic) bond motifs is 1. The van der Waals surface area contributed by atoms with Crippen LogP contribution in [0.1, 0.15) is 5.56 Å². The van der Waals surface area contributed by atoms with E-state index in [1.54, 1.807) is 31.6 Å². The number of methoxy groups -OCH3 is 1. The van der Waals surface area contributed by atoms with Crippen LogP contribution in [0.25, 0.3) is 22.2 Å². The molecular weight excluding hydrogens is 369 g/mol. The lowest BCUT2D eigenvalue weighted by Crippen LogP contribution is -2.03. The van der Waals surface area contributed by atoms with Crippen molar-refractivity contribution in [3.05, 3.63) is 76.5 Å². The Labute approximate surface area is 161 Å². The first kappa shape index (κ1) is 16.9. The Bertz CT molecular complexity index is 1080. The molecule has 26 heavy (non-hydrogen) atoms. The third kappa shape index (κ3) is 3.14. The second-order valence-electron chi connectivity index (χ2n) is 5.86. The van der Waals surface area contributed by atoms with E-state index < -0.39 is 0 Å². The molecule has 130 valence electrons. The molecule has 0 N–H and O–H groups in total. The van der Waals surface area contributed by atoms with Crippen LogP contribution >= 0.6 is 23.2 Å². The molecule has 0 atom stereocenters. The highest BCUT2D eigenvalue weighted by Crippen LogP contribution is 2.30. The van der Waals surface area contributed by atoms with Gasteiger partial charge in [0.25, 0.3) is 6.01 Å². The van der Waals surface area contributed by atoms with Crippen molar-refractivity contribution in [2.24, 2.45) is 0 Å². The van der Waals surface area contributed by atoms with E-state index in [4.69, 9.17) is 27.9 Å². The topological polar surface area (TPSA) is 39.9 Å². The van der Waals surface area contributed by atoms with Gasteiger partial charge < -0.3 is 4.74 Å². The highest BCUT2D eigenvalue weighted by Gasteiger charge is 2.14. The minimum absolute atomic E-state index is 0.513. The Morgan fingerprint density at radius 3 is 2.54 bits per heavy atom. The summed E-state index contributed by atoms with van der Waals surface area (Å²) in [6.07, 6.45) is 3.56. The van der Waals surface area contributed by atoms with Gasteiger partial charge in [0.1, 0.15) is 0 Å². The van der Waals surface area contributed by atoms with Crippen molar-refractivity contribution in [3.8, 4) is 17.1 Å². The molecule has 6 heteroatoms. The van der Waals surface area contributed by atoms with Crippen molar-refractivity contribution < 1.29 is 4.74 Å². The van der Waals surface area contributed by atoms with Crippen molar-refractivity contribution in [1.82, 2.24) is 14.5 Å². The maximum absolute atomic E-state index is 6.35. The lowest BCUT2D eigenvalue weighted by molar-refractivity contribution is 0.364. The third-order valence-electron chi connectivity index (χ3n) is 4.25. The number of ether oxygens (including phenoxy) is 1. The fourth-order valence-corrected chi connectivity index (χ4v) is 3.34. The summed E-state index contributed by atoms with van der Waals surface area (Å²) in [5, 5.41) is 1.30. The van der Waals surface area contributed by atoms with Crippen LogP contribution in [-0.2, 0) is 6.54 Å². The van der Waals surface area contributed by atoms with Crippen LogP contribution < -0.4 is 4.74 Å². The molecule has 0 saturated carbocycles.